The highest BCUT2D eigenvalue weighted by Gasteiger charge is 2.40. The number of aliphatic carboxylic acids is 1. The van der Waals surface area contributed by atoms with Gasteiger partial charge in [-0.25, -0.2) is 4.79 Å². The molecule has 1 fully saturated rings. The standard InChI is InChI=1S/C14H26N2O3/c1-4-16(14(2,3)13(18)19)12(17)11-7-5-10(9-15)6-8-11/h10-11H,4-9,15H2,1-3H3,(H,18,19). The van der Waals surface area contributed by atoms with Crippen molar-refractivity contribution in [1.82, 2.24) is 4.90 Å². The third-order valence-corrected chi connectivity index (χ3v) is 4.31. The van der Waals surface area contributed by atoms with Gasteiger partial charge in [0.2, 0.25) is 5.91 Å². The molecule has 0 radical (unpaired) electrons. The van der Waals surface area contributed by atoms with Crippen LogP contribution in [0.2, 0.25) is 0 Å². The van der Waals surface area contributed by atoms with Crippen LogP contribution in [0.4, 0.5) is 0 Å². The summed E-state index contributed by atoms with van der Waals surface area (Å²) in [6.45, 7) is 6.10. The molecule has 5 nitrogen and oxygen atoms in total. The second kappa shape index (κ2) is 6.37. The number of amides is 1. The van der Waals surface area contributed by atoms with Crippen molar-refractivity contribution >= 4 is 11.9 Å². The number of carbonyl (C=O) groups excluding carboxylic acids is 1. The van der Waals surface area contributed by atoms with Crippen molar-refractivity contribution in [3.8, 4) is 0 Å². The van der Waals surface area contributed by atoms with Crippen LogP contribution in [0.25, 0.3) is 0 Å². The molecule has 0 unspecified atom stereocenters. The van der Waals surface area contributed by atoms with Crippen LogP contribution in [-0.2, 0) is 9.59 Å². The number of rotatable bonds is 5. The number of likely N-dealkylation sites (N-methyl/N-ethyl adjacent to an activating group) is 1. The van der Waals surface area contributed by atoms with Gasteiger partial charge in [0.25, 0.3) is 0 Å². The SMILES string of the molecule is CCN(C(=O)C1CCC(CN)CC1)C(C)(C)C(=O)O. The van der Waals surface area contributed by atoms with E-state index >= 15 is 0 Å². The molecule has 0 spiro atoms. The summed E-state index contributed by atoms with van der Waals surface area (Å²) in [5, 5.41) is 9.26. The molecule has 5 heteroatoms. The molecule has 1 rings (SSSR count). The normalized spacial score (nSPS) is 24.0. The quantitative estimate of drug-likeness (QED) is 0.792. The van der Waals surface area contributed by atoms with Gasteiger partial charge in [0, 0.05) is 12.5 Å². The Hall–Kier alpha value is -1.10. The van der Waals surface area contributed by atoms with E-state index < -0.39 is 11.5 Å². The van der Waals surface area contributed by atoms with Crippen LogP contribution in [0.5, 0.6) is 0 Å². The van der Waals surface area contributed by atoms with Crippen LogP contribution in [0.1, 0.15) is 46.5 Å². The molecule has 110 valence electrons. The van der Waals surface area contributed by atoms with Gasteiger partial charge in [-0.15, -0.1) is 0 Å². The molecule has 0 aromatic rings. The zero-order valence-corrected chi connectivity index (χ0v) is 12.2. The van der Waals surface area contributed by atoms with Crippen LogP contribution in [0, 0.1) is 11.8 Å². The van der Waals surface area contributed by atoms with Crippen molar-refractivity contribution in [2.75, 3.05) is 13.1 Å². The van der Waals surface area contributed by atoms with Crippen molar-refractivity contribution in [3.05, 3.63) is 0 Å². The second-order valence-corrected chi connectivity index (χ2v) is 5.90. The van der Waals surface area contributed by atoms with Crippen LogP contribution in [-0.4, -0.2) is 40.5 Å². The minimum Gasteiger partial charge on any atom is -0.480 e. The maximum absolute atomic E-state index is 12.5. The first-order valence-corrected chi connectivity index (χ1v) is 7.09. The van der Waals surface area contributed by atoms with Crippen LogP contribution in [0.3, 0.4) is 0 Å². The van der Waals surface area contributed by atoms with E-state index in [1.807, 2.05) is 6.92 Å². The predicted molar refractivity (Wildman–Crippen MR) is 73.6 cm³/mol. The van der Waals surface area contributed by atoms with E-state index in [9.17, 15) is 14.7 Å². The molecule has 1 aliphatic rings. The summed E-state index contributed by atoms with van der Waals surface area (Å²) in [5.74, 6) is -0.503. The summed E-state index contributed by atoms with van der Waals surface area (Å²) in [7, 11) is 0. The predicted octanol–water partition coefficient (Wildman–Crippen LogP) is 1.46. The van der Waals surface area contributed by atoms with Crippen molar-refractivity contribution in [2.45, 2.75) is 52.0 Å². The summed E-state index contributed by atoms with van der Waals surface area (Å²) in [6.07, 6.45) is 3.59. The van der Waals surface area contributed by atoms with Gasteiger partial charge in [0.1, 0.15) is 5.54 Å². The van der Waals surface area contributed by atoms with E-state index in [1.165, 1.54) is 4.90 Å². The fraction of sp³-hybridized carbons (Fsp3) is 0.857. The van der Waals surface area contributed by atoms with Crippen molar-refractivity contribution < 1.29 is 14.7 Å². The molecule has 1 aliphatic carbocycles. The molecule has 19 heavy (non-hydrogen) atoms. The summed E-state index contributed by atoms with van der Waals surface area (Å²) in [5.41, 5.74) is 4.50. The summed E-state index contributed by atoms with van der Waals surface area (Å²) < 4.78 is 0. The van der Waals surface area contributed by atoms with E-state index in [0.717, 1.165) is 25.7 Å². The van der Waals surface area contributed by atoms with Gasteiger partial charge in [-0.2, -0.15) is 0 Å². The average Bonchev–Trinajstić information content (AvgIpc) is 2.39. The zero-order valence-electron chi connectivity index (χ0n) is 12.2. The summed E-state index contributed by atoms with van der Waals surface area (Å²) in [6, 6.07) is 0. The fourth-order valence-corrected chi connectivity index (χ4v) is 2.81. The molecule has 3 N–H and O–H groups in total. The maximum atomic E-state index is 12.5. The first kappa shape index (κ1) is 16.0. The molecular formula is C14H26N2O3. The fourth-order valence-electron chi connectivity index (χ4n) is 2.81. The van der Waals surface area contributed by atoms with E-state index in [0.29, 0.717) is 19.0 Å². The third kappa shape index (κ3) is 3.47. The molecular weight excluding hydrogens is 244 g/mol. The van der Waals surface area contributed by atoms with E-state index in [2.05, 4.69) is 0 Å². The first-order valence-electron chi connectivity index (χ1n) is 7.09. The first-order chi connectivity index (χ1) is 8.84. The molecule has 0 aromatic heterocycles. The van der Waals surface area contributed by atoms with Crippen molar-refractivity contribution in [2.24, 2.45) is 17.6 Å². The molecule has 0 atom stereocenters. The molecule has 1 amide bonds. The Bertz CT molecular complexity index is 334. The Morgan fingerprint density at radius 3 is 2.16 bits per heavy atom. The lowest BCUT2D eigenvalue weighted by molar-refractivity contribution is -0.159. The number of nitrogens with two attached hydrogens (primary N) is 1. The van der Waals surface area contributed by atoms with Gasteiger partial charge < -0.3 is 15.7 Å². The van der Waals surface area contributed by atoms with Gasteiger partial charge in [0.15, 0.2) is 0 Å². The number of nitrogens with zero attached hydrogens (tertiary/aromatic N) is 1. The highest BCUT2D eigenvalue weighted by molar-refractivity contribution is 5.87. The van der Waals surface area contributed by atoms with Gasteiger partial charge in [-0.3, -0.25) is 4.79 Å². The Labute approximate surface area is 115 Å². The molecule has 0 aliphatic heterocycles. The average molecular weight is 270 g/mol. The van der Waals surface area contributed by atoms with Crippen molar-refractivity contribution in [3.63, 3.8) is 0 Å². The minimum atomic E-state index is -1.14. The highest BCUT2D eigenvalue weighted by atomic mass is 16.4. The Kier molecular flexibility index (Phi) is 5.35. The number of carbonyl (C=O) groups is 2. The lowest BCUT2D eigenvalue weighted by Crippen LogP contribution is -2.55. The summed E-state index contributed by atoms with van der Waals surface area (Å²) >= 11 is 0. The topological polar surface area (TPSA) is 83.6 Å². The second-order valence-electron chi connectivity index (χ2n) is 5.90. The van der Waals surface area contributed by atoms with Crippen LogP contribution >= 0.6 is 0 Å². The number of hydrogen-bond acceptors (Lipinski definition) is 3. The maximum Gasteiger partial charge on any atom is 0.329 e. The van der Waals surface area contributed by atoms with Gasteiger partial charge in [-0.05, 0) is 58.9 Å². The summed E-state index contributed by atoms with van der Waals surface area (Å²) in [4.78, 5) is 25.3. The molecule has 1 saturated carbocycles. The zero-order chi connectivity index (χ0) is 14.6. The van der Waals surface area contributed by atoms with E-state index in [-0.39, 0.29) is 11.8 Å². The monoisotopic (exact) mass is 270 g/mol. The molecule has 0 saturated heterocycles. The van der Waals surface area contributed by atoms with Crippen molar-refractivity contribution in [1.29, 1.82) is 0 Å². The molecule has 0 aromatic carbocycles. The largest absolute Gasteiger partial charge is 0.480 e. The molecule has 0 heterocycles. The number of carboxylic acids is 1. The number of carboxylic acid groups (broad SMARTS) is 1. The van der Waals surface area contributed by atoms with E-state index in [4.69, 9.17) is 5.73 Å². The number of hydrogen-bond donors (Lipinski definition) is 2. The van der Waals surface area contributed by atoms with Crippen LogP contribution in [0.15, 0.2) is 0 Å². The Morgan fingerprint density at radius 1 is 1.26 bits per heavy atom. The van der Waals surface area contributed by atoms with Gasteiger partial charge in [-0.1, -0.05) is 0 Å². The Morgan fingerprint density at radius 2 is 1.79 bits per heavy atom. The highest BCUT2D eigenvalue weighted by Crippen LogP contribution is 2.31. The van der Waals surface area contributed by atoms with Crippen LogP contribution < -0.4 is 5.73 Å². The Balaban J connectivity index is 2.73. The lowest BCUT2D eigenvalue weighted by Gasteiger charge is -2.38. The lowest BCUT2D eigenvalue weighted by atomic mass is 9.81. The van der Waals surface area contributed by atoms with Gasteiger partial charge >= 0.3 is 5.97 Å². The van der Waals surface area contributed by atoms with E-state index in [1.54, 1.807) is 13.8 Å². The molecule has 0 bridgehead atoms. The minimum absolute atomic E-state index is 0.0228. The third-order valence-electron chi connectivity index (χ3n) is 4.31. The smallest absolute Gasteiger partial charge is 0.329 e. The van der Waals surface area contributed by atoms with Gasteiger partial charge in [0.05, 0.1) is 0 Å².